The predicted octanol–water partition coefficient (Wildman–Crippen LogP) is 5.24. The van der Waals surface area contributed by atoms with Gasteiger partial charge in [-0.3, -0.25) is 4.79 Å². The Kier molecular flexibility index (Phi) is 7.31. The van der Waals surface area contributed by atoms with Crippen LogP contribution in [-0.2, 0) is 21.4 Å². The molecule has 0 spiro atoms. The molecule has 0 unspecified atom stereocenters. The summed E-state index contributed by atoms with van der Waals surface area (Å²) in [4.78, 5) is 12.7. The van der Waals surface area contributed by atoms with Crippen molar-refractivity contribution in [3.8, 4) is 0 Å². The van der Waals surface area contributed by atoms with Crippen LogP contribution in [0.1, 0.15) is 11.1 Å². The molecule has 8 heteroatoms. The largest absolute Gasteiger partial charge is 0.325 e. The molecule has 0 saturated carbocycles. The van der Waals surface area contributed by atoms with Gasteiger partial charge in [0.25, 0.3) is 0 Å². The van der Waals surface area contributed by atoms with E-state index < -0.39 is 15.9 Å². The molecule has 0 radical (unpaired) electrons. The number of rotatable bonds is 7. The summed E-state index contributed by atoms with van der Waals surface area (Å²) in [6, 6.07) is 20.5. The van der Waals surface area contributed by atoms with E-state index in [0.29, 0.717) is 10.7 Å². The number of halogens is 2. The first kappa shape index (κ1) is 22.5. The van der Waals surface area contributed by atoms with Crippen LogP contribution < -0.4 is 5.32 Å². The summed E-state index contributed by atoms with van der Waals surface area (Å²) >= 11 is 9.18. The van der Waals surface area contributed by atoms with Crippen molar-refractivity contribution in [2.75, 3.05) is 11.9 Å². The number of benzene rings is 3. The number of carbonyl (C=O) groups is 1. The molecule has 0 bridgehead atoms. The zero-order valence-corrected chi connectivity index (χ0v) is 19.3. The number of sulfonamides is 1. The first-order valence-electron chi connectivity index (χ1n) is 9.11. The highest BCUT2D eigenvalue weighted by molar-refractivity contribution is 9.10. The van der Waals surface area contributed by atoms with Crippen molar-refractivity contribution >= 4 is 49.1 Å². The Bertz CT molecular complexity index is 1120. The average Bonchev–Trinajstić information content (AvgIpc) is 2.71. The fourth-order valence-electron chi connectivity index (χ4n) is 2.77. The van der Waals surface area contributed by atoms with Crippen LogP contribution in [-0.4, -0.2) is 25.2 Å². The molecule has 0 aliphatic carbocycles. The maximum absolute atomic E-state index is 13.3. The van der Waals surface area contributed by atoms with Crippen molar-refractivity contribution in [1.82, 2.24) is 4.31 Å². The number of amides is 1. The molecule has 30 heavy (non-hydrogen) atoms. The Morgan fingerprint density at radius 1 is 0.967 bits per heavy atom. The van der Waals surface area contributed by atoms with Gasteiger partial charge >= 0.3 is 0 Å². The van der Waals surface area contributed by atoms with Gasteiger partial charge in [-0.05, 0) is 61.0 Å². The smallest absolute Gasteiger partial charge is 0.243 e. The van der Waals surface area contributed by atoms with Crippen molar-refractivity contribution < 1.29 is 13.2 Å². The molecule has 0 aliphatic heterocycles. The lowest BCUT2D eigenvalue weighted by molar-refractivity contribution is -0.116. The van der Waals surface area contributed by atoms with E-state index >= 15 is 0 Å². The summed E-state index contributed by atoms with van der Waals surface area (Å²) in [5.74, 6) is -0.440. The number of nitrogens with zero attached hydrogens (tertiary/aromatic N) is 1. The quantitative estimate of drug-likeness (QED) is 0.475. The van der Waals surface area contributed by atoms with Gasteiger partial charge in [0, 0.05) is 21.7 Å². The zero-order chi connectivity index (χ0) is 21.7. The molecule has 0 atom stereocenters. The summed E-state index contributed by atoms with van der Waals surface area (Å²) in [6.07, 6.45) is 0. The van der Waals surface area contributed by atoms with Crippen molar-refractivity contribution in [3.05, 3.63) is 93.4 Å². The lowest BCUT2D eigenvalue weighted by Crippen LogP contribution is -2.37. The van der Waals surface area contributed by atoms with E-state index in [1.165, 1.54) is 16.4 Å². The maximum atomic E-state index is 13.3. The molecule has 0 heterocycles. The van der Waals surface area contributed by atoms with Crippen LogP contribution in [0.5, 0.6) is 0 Å². The molecule has 3 aromatic rings. The first-order valence-corrected chi connectivity index (χ1v) is 11.7. The monoisotopic (exact) mass is 506 g/mol. The van der Waals surface area contributed by atoms with E-state index in [2.05, 4.69) is 21.2 Å². The van der Waals surface area contributed by atoms with E-state index in [4.69, 9.17) is 11.6 Å². The highest BCUT2D eigenvalue weighted by atomic mass is 79.9. The van der Waals surface area contributed by atoms with Crippen LogP contribution in [0.15, 0.2) is 82.2 Å². The van der Waals surface area contributed by atoms with Crippen LogP contribution in [0.25, 0.3) is 0 Å². The van der Waals surface area contributed by atoms with Gasteiger partial charge in [-0.15, -0.1) is 0 Å². The molecule has 156 valence electrons. The summed E-state index contributed by atoms with van der Waals surface area (Å²) < 4.78 is 28.5. The third kappa shape index (κ3) is 5.92. The minimum Gasteiger partial charge on any atom is -0.325 e. The number of anilines is 1. The highest BCUT2D eigenvalue weighted by Gasteiger charge is 2.27. The highest BCUT2D eigenvalue weighted by Crippen LogP contribution is 2.21. The lowest BCUT2D eigenvalue weighted by Gasteiger charge is -2.22. The van der Waals surface area contributed by atoms with Gasteiger partial charge in [0.1, 0.15) is 0 Å². The van der Waals surface area contributed by atoms with Crippen LogP contribution in [0, 0.1) is 6.92 Å². The number of carbonyl (C=O) groups excluding carboxylic acids is 1. The predicted molar refractivity (Wildman–Crippen MR) is 123 cm³/mol. The van der Waals surface area contributed by atoms with Gasteiger partial charge in [-0.25, -0.2) is 8.42 Å². The minimum absolute atomic E-state index is 0.0761. The van der Waals surface area contributed by atoms with Crippen molar-refractivity contribution in [1.29, 1.82) is 0 Å². The van der Waals surface area contributed by atoms with Gasteiger partial charge in [0.2, 0.25) is 15.9 Å². The van der Waals surface area contributed by atoms with E-state index in [9.17, 15) is 13.2 Å². The second kappa shape index (κ2) is 9.75. The molecular weight excluding hydrogens is 488 g/mol. The first-order chi connectivity index (χ1) is 14.2. The third-order valence-electron chi connectivity index (χ3n) is 4.38. The Hall–Kier alpha value is -2.19. The number of nitrogens with one attached hydrogen (secondary N) is 1. The van der Waals surface area contributed by atoms with E-state index in [0.717, 1.165) is 15.6 Å². The topological polar surface area (TPSA) is 66.5 Å². The Morgan fingerprint density at radius 3 is 2.17 bits per heavy atom. The molecule has 0 saturated heterocycles. The molecular formula is C22H20BrClN2O3S. The van der Waals surface area contributed by atoms with Crippen molar-refractivity contribution in [2.45, 2.75) is 18.4 Å². The Morgan fingerprint density at radius 2 is 1.57 bits per heavy atom. The van der Waals surface area contributed by atoms with Gasteiger partial charge in [-0.2, -0.15) is 4.31 Å². The van der Waals surface area contributed by atoms with E-state index in [1.54, 1.807) is 36.4 Å². The molecule has 1 amide bonds. The molecule has 3 aromatic carbocycles. The van der Waals surface area contributed by atoms with Gasteiger partial charge < -0.3 is 5.32 Å². The number of hydrogen-bond donors (Lipinski definition) is 1. The van der Waals surface area contributed by atoms with Crippen molar-refractivity contribution in [2.24, 2.45) is 0 Å². The summed E-state index contributed by atoms with van der Waals surface area (Å²) in [5.41, 5.74) is 2.41. The summed E-state index contributed by atoms with van der Waals surface area (Å²) in [6.45, 7) is 1.71. The molecule has 1 N–H and O–H groups in total. The summed E-state index contributed by atoms with van der Waals surface area (Å²) in [5, 5.41) is 3.26. The Labute approximate surface area is 189 Å². The number of aryl methyl sites for hydroxylation is 1. The lowest BCUT2D eigenvalue weighted by atomic mass is 10.1. The minimum atomic E-state index is -3.89. The molecule has 3 rings (SSSR count). The number of hydrogen-bond acceptors (Lipinski definition) is 3. The van der Waals surface area contributed by atoms with E-state index in [-0.39, 0.29) is 18.0 Å². The van der Waals surface area contributed by atoms with Gasteiger partial charge in [0.15, 0.2) is 0 Å². The molecule has 5 nitrogen and oxygen atoms in total. The van der Waals surface area contributed by atoms with Crippen LogP contribution in [0.3, 0.4) is 0 Å². The van der Waals surface area contributed by atoms with Crippen LogP contribution in [0.4, 0.5) is 5.69 Å². The molecule has 0 aromatic heterocycles. The second-order valence-corrected chi connectivity index (χ2v) is 10.1. The van der Waals surface area contributed by atoms with Gasteiger partial charge in [0.05, 0.1) is 11.4 Å². The van der Waals surface area contributed by atoms with Crippen LogP contribution >= 0.6 is 27.5 Å². The summed E-state index contributed by atoms with van der Waals surface area (Å²) in [7, 11) is -3.89. The third-order valence-corrected chi connectivity index (χ3v) is 6.97. The van der Waals surface area contributed by atoms with Crippen molar-refractivity contribution in [3.63, 3.8) is 0 Å². The fourth-order valence-corrected chi connectivity index (χ4v) is 4.55. The molecule has 0 fully saturated rings. The van der Waals surface area contributed by atoms with Crippen LogP contribution in [0.2, 0.25) is 5.02 Å². The molecule has 0 aliphatic rings. The maximum Gasteiger partial charge on any atom is 0.243 e. The standard InChI is InChI=1S/C22H20BrClN2O3S/c1-16-2-4-17(5-3-16)14-26(30(28,29)21-12-6-18(23)7-13-21)15-22(27)25-20-10-8-19(24)9-11-20/h2-13H,14-15H2,1H3,(H,25,27). The SMILES string of the molecule is Cc1ccc(CN(CC(=O)Nc2ccc(Cl)cc2)S(=O)(=O)c2ccc(Br)cc2)cc1. The second-order valence-electron chi connectivity index (χ2n) is 6.77. The van der Waals surface area contributed by atoms with E-state index in [1.807, 2.05) is 31.2 Å². The Balaban J connectivity index is 1.86. The zero-order valence-electron chi connectivity index (χ0n) is 16.2. The normalized spacial score (nSPS) is 11.5. The van der Waals surface area contributed by atoms with Gasteiger partial charge in [-0.1, -0.05) is 57.4 Å². The fraction of sp³-hybridized carbons (Fsp3) is 0.136. The average molecular weight is 508 g/mol.